The van der Waals surface area contributed by atoms with Crippen LogP contribution >= 0.6 is 35.6 Å². The molecule has 1 aromatic carbocycles. The number of carbonyl (C=O) groups excluding carboxylic acids is 1. The molecule has 0 heterocycles. The number of hydrogen-bond donors (Lipinski definition) is 1. The van der Waals surface area contributed by atoms with Crippen LogP contribution in [0.4, 0.5) is 0 Å². The van der Waals surface area contributed by atoms with Crippen molar-refractivity contribution in [3.05, 3.63) is 33.8 Å². The second-order valence-electron chi connectivity index (χ2n) is 5.59. The van der Waals surface area contributed by atoms with E-state index in [1.54, 1.807) is 6.07 Å². The van der Waals surface area contributed by atoms with Gasteiger partial charge in [0, 0.05) is 18.6 Å². The third-order valence-electron chi connectivity index (χ3n) is 3.79. The number of carbonyl (C=O) groups is 1. The topological polar surface area (TPSA) is 46.3 Å². The Kier molecular flexibility index (Phi) is 6.79. The number of amides is 1. The molecule has 1 aliphatic rings. The summed E-state index contributed by atoms with van der Waals surface area (Å²) in [5.41, 5.74) is 6.84. The summed E-state index contributed by atoms with van der Waals surface area (Å²) < 4.78 is 0. The first-order valence-corrected chi connectivity index (χ1v) is 7.65. The molecule has 1 fully saturated rings. The number of halogens is 3. The third kappa shape index (κ3) is 4.75. The predicted octanol–water partition coefficient (Wildman–Crippen LogP) is 3.89. The van der Waals surface area contributed by atoms with E-state index in [4.69, 9.17) is 28.9 Å². The lowest BCUT2D eigenvalue weighted by Gasteiger charge is -2.27. The average molecular weight is 352 g/mol. The van der Waals surface area contributed by atoms with E-state index in [0.29, 0.717) is 22.6 Å². The van der Waals surface area contributed by atoms with Gasteiger partial charge in [0.15, 0.2) is 0 Å². The van der Waals surface area contributed by atoms with Crippen molar-refractivity contribution in [2.75, 3.05) is 0 Å². The van der Waals surface area contributed by atoms with Crippen LogP contribution in [0.15, 0.2) is 18.2 Å². The summed E-state index contributed by atoms with van der Waals surface area (Å²) in [6.07, 6.45) is 2.14. The first-order valence-electron chi connectivity index (χ1n) is 6.90. The van der Waals surface area contributed by atoms with Crippen LogP contribution < -0.4 is 5.73 Å². The molecule has 118 valence electrons. The first-order chi connectivity index (χ1) is 9.40. The minimum absolute atomic E-state index is 0. The fraction of sp³-hybridized carbons (Fsp3) is 0.533. The second kappa shape index (κ2) is 7.68. The predicted molar refractivity (Wildman–Crippen MR) is 90.1 cm³/mol. The largest absolute Gasteiger partial charge is 0.335 e. The molecule has 0 spiro atoms. The van der Waals surface area contributed by atoms with E-state index in [1.165, 1.54) is 0 Å². The van der Waals surface area contributed by atoms with Crippen LogP contribution in [-0.2, 0) is 11.3 Å². The number of nitrogens with zero attached hydrogens (tertiary/aromatic N) is 1. The Morgan fingerprint density at radius 1 is 1.33 bits per heavy atom. The van der Waals surface area contributed by atoms with Crippen molar-refractivity contribution in [1.82, 2.24) is 4.90 Å². The molecule has 2 rings (SSSR count). The zero-order valence-electron chi connectivity index (χ0n) is 12.2. The lowest BCUT2D eigenvalue weighted by molar-refractivity contribution is -0.136. The zero-order valence-corrected chi connectivity index (χ0v) is 14.5. The van der Waals surface area contributed by atoms with Gasteiger partial charge in [-0.15, -0.1) is 12.4 Å². The van der Waals surface area contributed by atoms with E-state index in [9.17, 15) is 4.79 Å². The molecule has 6 heteroatoms. The minimum atomic E-state index is -0.168. The van der Waals surface area contributed by atoms with Crippen LogP contribution in [-0.4, -0.2) is 22.9 Å². The number of rotatable bonds is 5. The summed E-state index contributed by atoms with van der Waals surface area (Å²) in [4.78, 5) is 14.4. The average Bonchev–Trinajstić information content (AvgIpc) is 3.22. The van der Waals surface area contributed by atoms with E-state index in [1.807, 2.05) is 30.9 Å². The fourth-order valence-electron chi connectivity index (χ4n) is 2.09. The minimum Gasteiger partial charge on any atom is -0.335 e. The van der Waals surface area contributed by atoms with Crippen molar-refractivity contribution in [1.29, 1.82) is 0 Å². The van der Waals surface area contributed by atoms with Gasteiger partial charge in [-0.1, -0.05) is 36.2 Å². The van der Waals surface area contributed by atoms with Crippen LogP contribution in [0.25, 0.3) is 0 Å². The summed E-state index contributed by atoms with van der Waals surface area (Å²) >= 11 is 11.9. The Labute approximate surface area is 142 Å². The molecule has 0 bridgehead atoms. The highest BCUT2D eigenvalue weighted by Gasteiger charge is 2.35. The quantitative estimate of drug-likeness (QED) is 0.874. The molecule has 0 aromatic heterocycles. The molecule has 2 atom stereocenters. The maximum absolute atomic E-state index is 12.5. The molecular weight excluding hydrogens is 331 g/mol. The lowest BCUT2D eigenvalue weighted by atomic mass is 10.0. The lowest BCUT2D eigenvalue weighted by Crippen LogP contribution is -2.42. The monoisotopic (exact) mass is 350 g/mol. The molecule has 2 N–H and O–H groups in total. The molecule has 0 radical (unpaired) electrons. The van der Waals surface area contributed by atoms with E-state index in [2.05, 4.69) is 0 Å². The standard InChI is InChI=1S/C15H20Cl2N2O.ClH/c1-9(10(2)18)15(20)19(12-4-5-12)8-11-3-6-13(16)14(17)7-11;/h3,6-7,9-10,12H,4-5,8,18H2,1-2H3;1H. The Morgan fingerprint density at radius 3 is 2.43 bits per heavy atom. The Balaban J connectivity index is 0.00000220. The molecular formula is C15H21Cl3N2O. The van der Waals surface area contributed by atoms with Gasteiger partial charge in [-0.05, 0) is 37.5 Å². The third-order valence-corrected chi connectivity index (χ3v) is 4.52. The van der Waals surface area contributed by atoms with Gasteiger partial charge in [0.05, 0.1) is 16.0 Å². The summed E-state index contributed by atoms with van der Waals surface area (Å²) in [5, 5.41) is 1.05. The normalized spacial score (nSPS) is 16.8. The molecule has 1 saturated carbocycles. The van der Waals surface area contributed by atoms with E-state index in [0.717, 1.165) is 18.4 Å². The van der Waals surface area contributed by atoms with Crippen LogP contribution in [0, 0.1) is 5.92 Å². The molecule has 21 heavy (non-hydrogen) atoms. The SMILES string of the molecule is CC(N)C(C)C(=O)N(Cc1ccc(Cl)c(Cl)c1)C1CC1.Cl. The van der Waals surface area contributed by atoms with Crippen molar-refractivity contribution in [2.45, 2.75) is 45.3 Å². The van der Waals surface area contributed by atoms with Crippen molar-refractivity contribution >= 4 is 41.5 Å². The van der Waals surface area contributed by atoms with E-state index >= 15 is 0 Å². The molecule has 0 aliphatic heterocycles. The van der Waals surface area contributed by atoms with Gasteiger partial charge in [0.1, 0.15) is 0 Å². The van der Waals surface area contributed by atoms with Gasteiger partial charge in [-0.2, -0.15) is 0 Å². The summed E-state index contributed by atoms with van der Waals surface area (Å²) in [6, 6.07) is 5.70. The number of benzene rings is 1. The van der Waals surface area contributed by atoms with Gasteiger partial charge < -0.3 is 10.6 Å². The van der Waals surface area contributed by atoms with Crippen molar-refractivity contribution in [3.63, 3.8) is 0 Å². The maximum atomic E-state index is 12.5. The van der Waals surface area contributed by atoms with Crippen LogP contribution in [0.3, 0.4) is 0 Å². The van der Waals surface area contributed by atoms with Crippen LogP contribution in [0.5, 0.6) is 0 Å². The van der Waals surface area contributed by atoms with Gasteiger partial charge >= 0.3 is 0 Å². The molecule has 2 unspecified atom stereocenters. The van der Waals surface area contributed by atoms with Crippen molar-refractivity contribution in [2.24, 2.45) is 11.7 Å². The fourth-order valence-corrected chi connectivity index (χ4v) is 2.41. The Morgan fingerprint density at radius 2 is 1.95 bits per heavy atom. The molecule has 3 nitrogen and oxygen atoms in total. The number of nitrogens with two attached hydrogens (primary N) is 1. The molecule has 1 amide bonds. The van der Waals surface area contributed by atoms with Gasteiger partial charge in [-0.3, -0.25) is 4.79 Å². The summed E-state index contributed by atoms with van der Waals surface area (Å²) in [5.74, 6) is -0.0491. The van der Waals surface area contributed by atoms with Crippen molar-refractivity contribution in [3.8, 4) is 0 Å². The smallest absolute Gasteiger partial charge is 0.227 e. The number of hydrogen-bond acceptors (Lipinski definition) is 2. The molecule has 0 saturated heterocycles. The Hall–Kier alpha value is -0.480. The summed E-state index contributed by atoms with van der Waals surface area (Å²) in [6.45, 7) is 4.32. The Bertz CT molecular complexity index is 504. The molecule has 1 aliphatic carbocycles. The first kappa shape index (κ1) is 18.6. The highest BCUT2D eigenvalue weighted by Crippen LogP contribution is 2.31. The maximum Gasteiger partial charge on any atom is 0.227 e. The summed E-state index contributed by atoms with van der Waals surface area (Å²) in [7, 11) is 0. The second-order valence-corrected chi connectivity index (χ2v) is 6.41. The van der Waals surface area contributed by atoms with Gasteiger partial charge in [0.25, 0.3) is 0 Å². The van der Waals surface area contributed by atoms with Gasteiger partial charge in [0.2, 0.25) is 5.91 Å². The highest BCUT2D eigenvalue weighted by atomic mass is 35.5. The van der Waals surface area contributed by atoms with Gasteiger partial charge in [-0.25, -0.2) is 0 Å². The zero-order chi connectivity index (χ0) is 14.9. The van der Waals surface area contributed by atoms with E-state index in [-0.39, 0.29) is 30.3 Å². The molecule has 1 aromatic rings. The van der Waals surface area contributed by atoms with Crippen LogP contribution in [0.2, 0.25) is 10.0 Å². The van der Waals surface area contributed by atoms with Crippen molar-refractivity contribution < 1.29 is 4.79 Å². The van der Waals surface area contributed by atoms with Crippen LogP contribution in [0.1, 0.15) is 32.3 Å². The highest BCUT2D eigenvalue weighted by molar-refractivity contribution is 6.42. The van der Waals surface area contributed by atoms with E-state index < -0.39 is 0 Å².